The third kappa shape index (κ3) is 5.09. The minimum Gasteiger partial charge on any atom is -0.480 e. The average molecular weight is 409 g/mol. The first-order valence-electron chi connectivity index (χ1n) is 10.1. The average Bonchev–Trinajstić information content (AvgIpc) is 2.90. The molecule has 0 aromatic heterocycles. The van der Waals surface area contributed by atoms with Gasteiger partial charge in [0.1, 0.15) is 6.04 Å². The van der Waals surface area contributed by atoms with Crippen molar-refractivity contribution in [1.29, 1.82) is 0 Å². The molecular weight excluding hydrogens is 381 g/mol. The summed E-state index contributed by atoms with van der Waals surface area (Å²) in [5.41, 5.74) is 1.67. The van der Waals surface area contributed by atoms with Crippen molar-refractivity contribution in [3.05, 3.63) is 65.7 Å². The lowest BCUT2D eigenvalue weighted by Crippen LogP contribution is -2.43. The number of carboxylic acids is 1. The van der Waals surface area contributed by atoms with E-state index in [1.165, 1.54) is 0 Å². The molecule has 1 aliphatic heterocycles. The van der Waals surface area contributed by atoms with Gasteiger partial charge in [0.15, 0.2) is 0 Å². The second-order valence-electron chi connectivity index (χ2n) is 8.65. The first-order chi connectivity index (χ1) is 14.1. The van der Waals surface area contributed by atoms with Gasteiger partial charge in [-0.2, -0.15) is 0 Å². The third-order valence-electron chi connectivity index (χ3n) is 5.79. The summed E-state index contributed by atoms with van der Waals surface area (Å²) < 4.78 is 12.1. The van der Waals surface area contributed by atoms with E-state index in [2.05, 4.69) is 5.32 Å². The van der Waals surface area contributed by atoms with E-state index < -0.39 is 30.3 Å². The molecule has 30 heavy (non-hydrogen) atoms. The van der Waals surface area contributed by atoms with Gasteiger partial charge < -0.3 is 19.7 Å². The van der Waals surface area contributed by atoms with Crippen molar-refractivity contribution in [3.8, 4) is 0 Å². The molecule has 1 amide bonds. The van der Waals surface area contributed by atoms with Crippen LogP contribution in [0.5, 0.6) is 0 Å². The lowest BCUT2D eigenvalue weighted by atomic mass is 9.78. The van der Waals surface area contributed by atoms with Crippen LogP contribution in [-0.2, 0) is 31.7 Å². The van der Waals surface area contributed by atoms with Gasteiger partial charge in [-0.25, -0.2) is 4.79 Å². The van der Waals surface area contributed by atoms with Crippen LogP contribution in [-0.4, -0.2) is 41.3 Å². The van der Waals surface area contributed by atoms with E-state index >= 15 is 0 Å². The summed E-state index contributed by atoms with van der Waals surface area (Å²) in [6, 6.07) is 15.7. The van der Waals surface area contributed by atoms with Crippen molar-refractivity contribution in [3.63, 3.8) is 0 Å². The van der Waals surface area contributed by atoms with Crippen molar-refractivity contribution in [2.75, 3.05) is 0 Å². The summed E-state index contributed by atoms with van der Waals surface area (Å²) in [6.45, 7) is 7.99. The highest BCUT2D eigenvalue weighted by Gasteiger charge is 2.51. The van der Waals surface area contributed by atoms with E-state index in [0.717, 1.165) is 16.6 Å². The first-order valence-corrected chi connectivity index (χ1v) is 10.1. The van der Waals surface area contributed by atoms with Crippen LogP contribution >= 0.6 is 0 Å². The maximum atomic E-state index is 12.3. The molecule has 1 aliphatic rings. The highest BCUT2D eigenvalue weighted by Crippen LogP contribution is 2.36. The Morgan fingerprint density at radius 3 is 2.03 bits per heavy atom. The molecule has 2 aromatic carbocycles. The SMILES string of the molecule is CC1(C)OB(c2ccc(C[C@H](NC(=O)Cc3ccccc3)C(=O)O)cc2)OC1(C)C. The molecule has 3 rings (SSSR count). The van der Waals surface area contributed by atoms with Crippen molar-refractivity contribution in [1.82, 2.24) is 5.32 Å². The third-order valence-corrected chi connectivity index (χ3v) is 5.79. The molecule has 7 heteroatoms. The number of amides is 1. The maximum Gasteiger partial charge on any atom is 0.494 e. The number of carbonyl (C=O) groups excluding carboxylic acids is 1. The fourth-order valence-electron chi connectivity index (χ4n) is 3.25. The zero-order valence-corrected chi connectivity index (χ0v) is 17.8. The summed E-state index contributed by atoms with van der Waals surface area (Å²) in [5, 5.41) is 12.2. The van der Waals surface area contributed by atoms with Gasteiger partial charge in [0.2, 0.25) is 5.91 Å². The van der Waals surface area contributed by atoms with Gasteiger partial charge >= 0.3 is 13.1 Å². The Morgan fingerprint density at radius 1 is 0.933 bits per heavy atom. The Bertz CT molecular complexity index is 880. The normalized spacial score (nSPS) is 18.1. The largest absolute Gasteiger partial charge is 0.494 e. The van der Waals surface area contributed by atoms with Gasteiger partial charge in [0.25, 0.3) is 0 Å². The zero-order chi connectivity index (χ0) is 21.9. The number of rotatable bonds is 7. The molecule has 0 saturated carbocycles. The smallest absolute Gasteiger partial charge is 0.480 e. The lowest BCUT2D eigenvalue weighted by Gasteiger charge is -2.32. The van der Waals surface area contributed by atoms with E-state index in [1.807, 2.05) is 82.3 Å². The molecule has 0 spiro atoms. The Labute approximate surface area is 177 Å². The molecule has 0 unspecified atom stereocenters. The number of carboxylic acid groups (broad SMARTS) is 1. The highest BCUT2D eigenvalue weighted by molar-refractivity contribution is 6.62. The molecular formula is C23H28BNO5. The summed E-state index contributed by atoms with van der Waals surface area (Å²) in [6.07, 6.45) is 0.338. The number of hydrogen-bond donors (Lipinski definition) is 2. The van der Waals surface area contributed by atoms with Gasteiger partial charge in [0, 0.05) is 6.42 Å². The van der Waals surface area contributed by atoms with Gasteiger partial charge in [-0.05, 0) is 44.3 Å². The molecule has 0 bridgehead atoms. The molecule has 1 atom stereocenters. The standard InChI is InChI=1S/C23H28BNO5/c1-22(2)23(3,4)30-24(29-22)18-12-10-17(11-13-18)14-19(21(27)28)25-20(26)15-16-8-6-5-7-9-16/h5-13,19H,14-15H2,1-4H3,(H,25,26)(H,27,28)/t19-/m0/s1. The summed E-state index contributed by atoms with van der Waals surface area (Å²) in [5.74, 6) is -1.38. The molecule has 1 saturated heterocycles. The number of hydrogen-bond acceptors (Lipinski definition) is 4. The van der Waals surface area contributed by atoms with Crippen LogP contribution in [0, 0.1) is 0 Å². The van der Waals surface area contributed by atoms with Crippen LogP contribution in [0.2, 0.25) is 0 Å². The number of carbonyl (C=O) groups is 2. The first kappa shape index (κ1) is 22.1. The van der Waals surface area contributed by atoms with Crippen LogP contribution in [0.15, 0.2) is 54.6 Å². The molecule has 158 valence electrons. The Morgan fingerprint density at radius 2 is 1.50 bits per heavy atom. The highest BCUT2D eigenvalue weighted by atomic mass is 16.7. The predicted octanol–water partition coefficient (Wildman–Crippen LogP) is 2.34. The number of aliphatic carboxylic acids is 1. The van der Waals surface area contributed by atoms with E-state index in [9.17, 15) is 14.7 Å². The minimum atomic E-state index is -1.06. The minimum absolute atomic E-state index is 0.144. The molecule has 2 aromatic rings. The van der Waals surface area contributed by atoms with Crippen molar-refractivity contribution in [2.24, 2.45) is 0 Å². The monoisotopic (exact) mass is 409 g/mol. The van der Waals surface area contributed by atoms with Crippen molar-refractivity contribution < 1.29 is 24.0 Å². The van der Waals surface area contributed by atoms with E-state index in [-0.39, 0.29) is 18.7 Å². The maximum absolute atomic E-state index is 12.3. The van der Waals surface area contributed by atoms with E-state index in [1.54, 1.807) is 0 Å². The van der Waals surface area contributed by atoms with Gasteiger partial charge in [-0.1, -0.05) is 54.6 Å². The number of benzene rings is 2. The van der Waals surface area contributed by atoms with Crippen LogP contribution in [0.1, 0.15) is 38.8 Å². The second kappa shape index (κ2) is 8.62. The van der Waals surface area contributed by atoms with Crippen LogP contribution in [0.3, 0.4) is 0 Å². The number of nitrogens with one attached hydrogen (secondary N) is 1. The molecule has 2 N–H and O–H groups in total. The zero-order valence-electron chi connectivity index (χ0n) is 17.8. The van der Waals surface area contributed by atoms with Crippen LogP contribution in [0.4, 0.5) is 0 Å². The Kier molecular flexibility index (Phi) is 6.34. The summed E-state index contributed by atoms with van der Waals surface area (Å²) in [4.78, 5) is 23.9. The fourth-order valence-corrected chi connectivity index (χ4v) is 3.25. The van der Waals surface area contributed by atoms with E-state index in [0.29, 0.717) is 0 Å². The molecule has 0 radical (unpaired) electrons. The van der Waals surface area contributed by atoms with E-state index in [4.69, 9.17) is 9.31 Å². The Hall–Kier alpha value is -2.64. The van der Waals surface area contributed by atoms with Crippen molar-refractivity contribution >= 4 is 24.5 Å². The topological polar surface area (TPSA) is 84.9 Å². The van der Waals surface area contributed by atoms with Crippen LogP contribution < -0.4 is 10.8 Å². The van der Waals surface area contributed by atoms with Crippen LogP contribution in [0.25, 0.3) is 0 Å². The second-order valence-corrected chi connectivity index (χ2v) is 8.65. The van der Waals surface area contributed by atoms with Gasteiger partial charge in [-0.3, -0.25) is 4.79 Å². The Balaban J connectivity index is 1.62. The molecule has 6 nitrogen and oxygen atoms in total. The molecule has 1 heterocycles. The summed E-state index contributed by atoms with van der Waals surface area (Å²) >= 11 is 0. The quantitative estimate of drug-likeness (QED) is 0.686. The van der Waals surface area contributed by atoms with Gasteiger partial charge in [-0.15, -0.1) is 0 Å². The predicted molar refractivity (Wildman–Crippen MR) is 116 cm³/mol. The van der Waals surface area contributed by atoms with Crippen molar-refractivity contribution in [2.45, 2.75) is 57.8 Å². The summed E-state index contributed by atoms with van der Waals surface area (Å²) in [7, 11) is -0.468. The lowest BCUT2D eigenvalue weighted by molar-refractivity contribution is -0.141. The molecule has 1 fully saturated rings. The molecule has 0 aliphatic carbocycles. The van der Waals surface area contributed by atoms with Gasteiger partial charge in [0.05, 0.1) is 17.6 Å². The fraction of sp³-hybridized carbons (Fsp3) is 0.391.